The minimum Gasteiger partial charge on any atom is -0.351 e. The maximum absolute atomic E-state index is 13.1. The number of nitro groups is 1. The monoisotopic (exact) mass is 363 g/mol. The first kappa shape index (κ1) is 18.3. The molecule has 1 saturated heterocycles. The fourth-order valence-corrected chi connectivity index (χ4v) is 6.34. The van der Waals surface area contributed by atoms with Crippen LogP contribution in [-0.2, 0) is 15.5 Å². The van der Waals surface area contributed by atoms with Gasteiger partial charge in [-0.05, 0) is 28.0 Å². The number of para-hydroxylation sites is 1. The Bertz CT molecular complexity index is 785. The molecule has 0 radical (unpaired) electrons. The number of ether oxygens (including phenoxy) is 1. The summed E-state index contributed by atoms with van der Waals surface area (Å²) >= 11 is 0. The lowest BCUT2D eigenvalue weighted by Crippen LogP contribution is -2.32. The van der Waals surface area contributed by atoms with Gasteiger partial charge in [0, 0.05) is 6.07 Å². The maximum Gasteiger partial charge on any atom is 0.275 e. The summed E-state index contributed by atoms with van der Waals surface area (Å²) in [5.41, 5.74) is 1.96. The van der Waals surface area contributed by atoms with Crippen molar-refractivity contribution in [2.45, 2.75) is 58.3 Å². The maximum atomic E-state index is 13.1. The Balaban J connectivity index is 2.18. The Hall–Kier alpha value is -1.53. The second kappa shape index (κ2) is 5.74. The van der Waals surface area contributed by atoms with E-state index in [0.29, 0.717) is 5.56 Å². The molecule has 1 unspecified atom stereocenters. The first-order valence-corrected chi connectivity index (χ1v) is 9.75. The van der Waals surface area contributed by atoms with Gasteiger partial charge in [0.25, 0.3) is 5.69 Å². The molecule has 2 aliphatic heterocycles. The minimum atomic E-state index is -1.23. The van der Waals surface area contributed by atoms with Gasteiger partial charge in [-0.3, -0.25) is 14.3 Å². The molecule has 2 heterocycles. The molecule has 3 rings (SSSR count). The number of nitro benzene ring substituents is 1. The first-order chi connectivity index (χ1) is 11.4. The van der Waals surface area contributed by atoms with Crippen molar-refractivity contribution in [3.63, 3.8) is 0 Å². The highest BCUT2D eigenvalue weighted by molar-refractivity contribution is 7.87. The van der Waals surface area contributed by atoms with Gasteiger partial charge in [0.15, 0.2) is 5.44 Å². The largest absolute Gasteiger partial charge is 0.351 e. The molecule has 4 atom stereocenters. The minimum absolute atomic E-state index is 0.0302. The number of hydrogen-bond donors (Lipinski definition) is 0. The molecule has 1 aromatic carbocycles. The second-order valence-electron chi connectivity index (χ2n) is 8.78. The third kappa shape index (κ3) is 2.85. The Morgan fingerprint density at radius 3 is 2.12 bits per heavy atom. The molecular weight excluding hydrogens is 338 g/mol. The van der Waals surface area contributed by atoms with E-state index < -0.39 is 27.3 Å². The van der Waals surface area contributed by atoms with Gasteiger partial charge >= 0.3 is 0 Å². The molecule has 2 aliphatic rings. The van der Waals surface area contributed by atoms with E-state index in [0.717, 1.165) is 11.1 Å². The van der Waals surface area contributed by atoms with Gasteiger partial charge in [-0.2, -0.15) is 0 Å². The lowest BCUT2D eigenvalue weighted by Gasteiger charge is -2.37. The number of rotatable bonds is 2. The molecule has 0 amide bonds. The first-order valence-electron chi connectivity index (χ1n) is 8.47. The van der Waals surface area contributed by atoms with Crippen molar-refractivity contribution >= 4 is 16.5 Å². The average molecular weight is 363 g/mol. The summed E-state index contributed by atoms with van der Waals surface area (Å²) in [4.78, 5) is 11.0. The number of benzene rings is 1. The van der Waals surface area contributed by atoms with Crippen LogP contribution < -0.4 is 0 Å². The SMILES string of the molecule is CC(C)(C)C1=C(C(C)(C)C)[C@H]2[C@@H](c3ccccc3[N+](=O)[O-])O[C@@H]1S2=O. The van der Waals surface area contributed by atoms with Gasteiger partial charge < -0.3 is 4.74 Å². The number of fused-ring (bicyclic) bond motifs is 2. The Labute approximate surface area is 151 Å². The van der Waals surface area contributed by atoms with E-state index in [2.05, 4.69) is 41.5 Å². The normalized spacial score (nSPS) is 29.4. The number of nitrogens with zero attached hydrogens (tertiary/aromatic N) is 1. The summed E-state index contributed by atoms with van der Waals surface area (Å²) in [6.45, 7) is 12.7. The summed E-state index contributed by atoms with van der Waals surface area (Å²) in [7, 11) is -1.23. The van der Waals surface area contributed by atoms with Crippen molar-refractivity contribution in [2.24, 2.45) is 10.8 Å². The van der Waals surface area contributed by atoms with Gasteiger partial charge in [0.05, 0.1) is 26.5 Å². The van der Waals surface area contributed by atoms with Gasteiger partial charge in [0.2, 0.25) is 0 Å². The smallest absolute Gasteiger partial charge is 0.275 e. The molecule has 6 heteroatoms. The summed E-state index contributed by atoms with van der Waals surface area (Å²) in [6.07, 6.45) is -0.534. The fraction of sp³-hybridized carbons (Fsp3) is 0.579. The molecular formula is C19H25NO4S. The molecule has 1 fully saturated rings. The van der Waals surface area contributed by atoms with Gasteiger partial charge in [0.1, 0.15) is 6.10 Å². The van der Waals surface area contributed by atoms with E-state index in [1.165, 1.54) is 6.07 Å². The summed E-state index contributed by atoms with van der Waals surface area (Å²) < 4.78 is 19.3. The highest BCUT2D eigenvalue weighted by Crippen LogP contribution is 2.57. The van der Waals surface area contributed by atoms with Crippen LogP contribution in [0.15, 0.2) is 35.4 Å². The molecule has 0 spiro atoms. The van der Waals surface area contributed by atoms with Crippen LogP contribution in [-0.4, -0.2) is 19.8 Å². The molecule has 5 nitrogen and oxygen atoms in total. The van der Waals surface area contributed by atoms with E-state index in [9.17, 15) is 14.3 Å². The standard InChI is InChI=1S/C19H25NO4S/c1-18(2,3)13-14(19(4,5)6)17-24-15(16(13)25(17)23)11-9-7-8-10-12(11)20(21)22/h7-10,15-17H,1-6H3/t15-,16+,17-,25?/m1/s1. The molecule has 25 heavy (non-hydrogen) atoms. The van der Waals surface area contributed by atoms with Crippen LogP contribution in [0.1, 0.15) is 53.2 Å². The Morgan fingerprint density at radius 1 is 1.04 bits per heavy atom. The van der Waals surface area contributed by atoms with E-state index in [-0.39, 0.29) is 21.8 Å². The van der Waals surface area contributed by atoms with Crippen molar-refractivity contribution < 1.29 is 13.9 Å². The summed E-state index contributed by atoms with van der Waals surface area (Å²) in [5, 5.41) is 11.1. The molecule has 136 valence electrons. The van der Waals surface area contributed by atoms with Crippen molar-refractivity contribution in [1.29, 1.82) is 0 Å². The van der Waals surface area contributed by atoms with E-state index >= 15 is 0 Å². The van der Waals surface area contributed by atoms with E-state index in [4.69, 9.17) is 4.74 Å². The zero-order valence-corrected chi connectivity index (χ0v) is 16.3. The van der Waals surface area contributed by atoms with E-state index in [1.807, 2.05) is 0 Å². The number of hydrogen-bond acceptors (Lipinski definition) is 4. The van der Waals surface area contributed by atoms with Crippen LogP contribution in [0.5, 0.6) is 0 Å². The van der Waals surface area contributed by atoms with Crippen LogP contribution in [0.4, 0.5) is 5.69 Å². The molecule has 2 bridgehead atoms. The van der Waals surface area contributed by atoms with Crippen molar-refractivity contribution in [2.75, 3.05) is 0 Å². The van der Waals surface area contributed by atoms with Crippen LogP contribution in [0.3, 0.4) is 0 Å². The zero-order valence-electron chi connectivity index (χ0n) is 15.5. The highest BCUT2D eigenvalue weighted by atomic mass is 32.2. The molecule has 1 aromatic rings. The third-order valence-corrected chi connectivity index (χ3v) is 6.63. The quantitative estimate of drug-likeness (QED) is 0.440. The lowest BCUT2D eigenvalue weighted by molar-refractivity contribution is -0.386. The van der Waals surface area contributed by atoms with Gasteiger partial charge in [-0.25, -0.2) is 0 Å². The summed E-state index contributed by atoms with van der Waals surface area (Å²) in [6, 6.07) is 6.62. The molecule has 0 N–H and O–H groups in total. The average Bonchev–Trinajstić information content (AvgIpc) is 2.96. The molecule has 0 aromatic heterocycles. The van der Waals surface area contributed by atoms with Crippen LogP contribution in [0.25, 0.3) is 0 Å². The van der Waals surface area contributed by atoms with Crippen LogP contribution in [0.2, 0.25) is 0 Å². The van der Waals surface area contributed by atoms with Crippen molar-refractivity contribution in [3.8, 4) is 0 Å². The zero-order chi connectivity index (χ0) is 18.7. The topological polar surface area (TPSA) is 69.4 Å². The summed E-state index contributed by atoms with van der Waals surface area (Å²) in [5.74, 6) is 0. The Kier molecular flexibility index (Phi) is 4.20. The van der Waals surface area contributed by atoms with Crippen molar-refractivity contribution in [1.82, 2.24) is 0 Å². The third-order valence-electron chi connectivity index (χ3n) is 4.87. The van der Waals surface area contributed by atoms with Crippen LogP contribution in [0, 0.1) is 20.9 Å². The van der Waals surface area contributed by atoms with Crippen molar-refractivity contribution in [3.05, 3.63) is 51.1 Å². The van der Waals surface area contributed by atoms with Gasteiger partial charge in [-0.15, -0.1) is 0 Å². The highest BCUT2D eigenvalue weighted by Gasteiger charge is 2.58. The van der Waals surface area contributed by atoms with Gasteiger partial charge in [-0.1, -0.05) is 53.7 Å². The second-order valence-corrected chi connectivity index (χ2v) is 10.4. The van der Waals surface area contributed by atoms with E-state index in [1.54, 1.807) is 18.2 Å². The van der Waals surface area contributed by atoms with Crippen LogP contribution >= 0.6 is 0 Å². The molecule has 0 aliphatic carbocycles. The fourth-order valence-electron chi connectivity index (χ4n) is 3.97. The Morgan fingerprint density at radius 2 is 1.60 bits per heavy atom. The lowest BCUT2D eigenvalue weighted by atomic mass is 9.72. The predicted octanol–water partition coefficient (Wildman–Crippen LogP) is 4.51. The predicted molar refractivity (Wildman–Crippen MR) is 98.6 cm³/mol. The molecule has 0 saturated carbocycles.